The topological polar surface area (TPSA) is 62.4 Å². The van der Waals surface area contributed by atoms with Gasteiger partial charge in [-0.15, -0.1) is 0 Å². The van der Waals surface area contributed by atoms with Crippen LogP contribution in [0.15, 0.2) is 47.3 Å². The van der Waals surface area contributed by atoms with Gasteiger partial charge in [-0.2, -0.15) is 0 Å². The number of nitrogens with zero attached hydrogens (tertiary/aromatic N) is 1. The van der Waals surface area contributed by atoms with E-state index in [0.29, 0.717) is 24.5 Å². The summed E-state index contributed by atoms with van der Waals surface area (Å²) in [6.45, 7) is 2.93. The third-order valence-electron chi connectivity index (χ3n) is 3.69. The lowest BCUT2D eigenvalue weighted by Crippen LogP contribution is -2.32. The molecule has 5 heteroatoms. The lowest BCUT2D eigenvalue weighted by atomic mass is 10.3. The van der Waals surface area contributed by atoms with Gasteiger partial charge in [0.15, 0.2) is 5.43 Å². The van der Waals surface area contributed by atoms with Crippen molar-refractivity contribution in [3.63, 3.8) is 0 Å². The lowest BCUT2D eigenvalue weighted by Gasteiger charge is -2.17. The number of hydrogen-bond donors (Lipinski definition) is 1. The lowest BCUT2D eigenvalue weighted by molar-refractivity contribution is 0.0766. The van der Waals surface area contributed by atoms with Gasteiger partial charge in [-0.1, -0.05) is 18.2 Å². The number of nitrogens with one attached hydrogen (secondary N) is 1. The van der Waals surface area contributed by atoms with Gasteiger partial charge in [0.1, 0.15) is 17.5 Å². The Bertz CT molecular complexity index is 724. The zero-order valence-corrected chi connectivity index (χ0v) is 12.4. The summed E-state index contributed by atoms with van der Waals surface area (Å²) in [4.78, 5) is 28.6. The number of likely N-dealkylation sites (tertiary alicyclic amines) is 1. The van der Waals surface area contributed by atoms with Crippen LogP contribution in [-0.4, -0.2) is 35.0 Å². The molecule has 1 amide bonds. The molecule has 1 aliphatic heterocycles. The number of benzene rings is 1. The summed E-state index contributed by atoms with van der Waals surface area (Å²) in [5.41, 5.74) is 0.869. The van der Waals surface area contributed by atoms with E-state index >= 15 is 0 Å². The van der Waals surface area contributed by atoms with Crippen molar-refractivity contribution in [2.24, 2.45) is 0 Å². The molecule has 1 N–H and O–H groups in total. The van der Waals surface area contributed by atoms with Crippen LogP contribution in [0.1, 0.15) is 22.6 Å². The first-order chi connectivity index (χ1) is 10.6. The first kappa shape index (κ1) is 14.4. The average molecular weight is 298 g/mol. The summed E-state index contributed by atoms with van der Waals surface area (Å²) in [7, 11) is 0. The molecule has 1 aromatic heterocycles. The number of aromatic amines is 1. The summed E-state index contributed by atoms with van der Waals surface area (Å²) in [5, 5.41) is 0. The molecule has 0 aliphatic carbocycles. The Morgan fingerprint density at radius 2 is 2.05 bits per heavy atom. The Balaban J connectivity index is 1.67. The molecule has 0 radical (unpaired) electrons. The molecule has 0 saturated carbocycles. The molecule has 1 aliphatic rings. The molecule has 114 valence electrons. The molecule has 0 spiro atoms. The Morgan fingerprint density at radius 1 is 1.27 bits per heavy atom. The molecular weight excluding hydrogens is 280 g/mol. The Labute approximate surface area is 128 Å². The third-order valence-corrected chi connectivity index (χ3v) is 3.69. The number of aryl methyl sites for hydroxylation is 1. The van der Waals surface area contributed by atoms with Crippen molar-refractivity contribution < 1.29 is 9.53 Å². The number of hydrogen-bond acceptors (Lipinski definition) is 3. The predicted molar refractivity (Wildman–Crippen MR) is 83.2 cm³/mol. The van der Waals surface area contributed by atoms with Crippen molar-refractivity contribution in [2.75, 3.05) is 13.1 Å². The monoisotopic (exact) mass is 298 g/mol. The van der Waals surface area contributed by atoms with Gasteiger partial charge in [0.05, 0.1) is 6.54 Å². The van der Waals surface area contributed by atoms with Crippen LogP contribution in [0, 0.1) is 6.92 Å². The fourth-order valence-electron chi connectivity index (χ4n) is 2.67. The van der Waals surface area contributed by atoms with Gasteiger partial charge < -0.3 is 14.6 Å². The van der Waals surface area contributed by atoms with E-state index in [1.165, 1.54) is 12.1 Å². The number of ether oxygens (including phenoxy) is 1. The van der Waals surface area contributed by atoms with Gasteiger partial charge in [-0.3, -0.25) is 9.59 Å². The zero-order valence-electron chi connectivity index (χ0n) is 12.4. The van der Waals surface area contributed by atoms with E-state index in [4.69, 9.17) is 4.74 Å². The van der Waals surface area contributed by atoms with Crippen molar-refractivity contribution in [1.29, 1.82) is 0 Å². The second kappa shape index (κ2) is 6.05. The second-order valence-electron chi connectivity index (χ2n) is 5.51. The van der Waals surface area contributed by atoms with E-state index in [0.717, 1.165) is 12.2 Å². The second-order valence-corrected chi connectivity index (χ2v) is 5.51. The maximum atomic E-state index is 12.4. The largest absolute Gasteiger partial charge is 0.489 e. The minimum Gasteiger partial charge on any atom is -0.489 e. The summed E-state index contributed by atoms with van der Waals surface area (Å²) in [6, 6.07) is 12.4. The summed E-state index contributed by atoms with van der Waals surface area (Å²) in [6.07, 6.45) is 0.777. The van der Waals surface area contributed by atoms with Crippen LogP contribution in [0.3, 0.4) is 0 Å². The van der Waals surface area contributed by atoms with E-state index in [1.54, 1.807) is 11.8 Å². The van der Waals surface area contributed by atoms with Gasteiger partial charge in [0.2, 0.25) is 0 Å². The molecule has 22 heavy (non-hydrogen) atoms. The zero-order chi connectivity index (χ0) is 15.5. The van der Waals surface area contributed by atoms with E-state index in [2.05, 4.69) is 4.98 Å². The van der Waals surface area contributed by atoms with Gasteiger partial charge in [0.25, 0.3) is 5.91 Å². The minimum atomic E-state index is -0.157. The minimum absolute atomic E-state index is 0.0112. The Hall–Kier alpha value is -2.56. The molecular formula is C17H18N2O3. The van der Waals surface area contributed by atoms with E-state index in [1.807, 2.05) is 30.3 Å². The number of rotatable bonds is 3. The Morgan fingerprint density at radius 3 is 2.77 bits per heavy atom. The number of carbonyl (C=O) groups is 1. The number of carbonyl (C=O) groups excluding carboxylic acids is 1. The smallest absolute Gasteiger partial charge is 0.270 e. The van der Waals surface area contributed by atoms with Crippen LogP contribution < -0.4 is 10.2 Å². The quantitative estimate of drug-likeness (QED) is 0.942. The van der Waals surface area contributed by atoms with Gasteiger partial charge in [-0.05, 0) is 19.1 Å². The van der Waals surface area contributed by atoms with Gasteiger partial charge in [-0.25, -0.2) is 0 Å². The number of amides is 1. The van der Waals surface area contributed by atoms with E-state index < -0.39 is 0 Å². The molecule has 2 aromatic rings. The number of H-pyrrole nitrogens is 1. The van der Waals surface area contributed by atoms with Crippen LogP contribution in [-0.2, 0) is 0 Å². The molecule has 0 bridgehead atoms. The molecule has 3 rings (SSSR count). The standard InChI is InChI=1S/C17H18N2O3/c1-12-9-13(20)10-16(18-12)17(21)19-8-7-15(11-19)22-14-5-3-2-4-6-14/h2-6,9-10,15H,7-8,11H2,1H3,(H,18,20)/t15-/m1/s1. The van der Waals surface area contributed by atoms with Gasteiger partial charge >= 0.3 is 0 Å². The fourth-order valence-corrected chi connectivity index (χ4v) is 2.67. The molecule has 1 fully saturated rings. The summed E-state index contributed by atoms with van der Waals surface area (Å²) >= 11 is 0. The molecule has 0 unspecified atom stereocenters. The first-order valence-electron chi connectivity index (χ1n) is 7.34. The Kier molecular flexibility index (Phi) is 3.96. The first-order valence-corrected chi connectivity index (χ1v) is 7.34. The highest BCUT2D eigenvalue weighted by Crippen LogP contribution is 2.19. The summed E-state index contributed by atoms with van der Waals surface area (Å²) < 4.78 is 5.87. The SMILES string of the molecule is Cc1cc(=O)cc(C(=O)N2CC[C@@H](Oc3ccccc3)C2)[nH]1. The predicted octanol–water partition coefficient (Wildman–Crippen LogP) is 1.98. The highest BCUT2D eigenvalue weighted by atomic mass is 16.5. The molecule has 2 heterocycles. The highest BCUT2D eigenvalue weighted by molar-refractivity contribution is 5.92. The highest BCUT2D eigenvalue weighted by Gasteiger charge is 2.28. The molecule has 1 aromatic carbocycles. The maximum Gasteiger partial charge on any atom is 0.270 e. The number of pyridine rings is 1. The van der Waals surface area contributed by atoms with Crippen molar-refractivity contribution in [3.8, 4) is 5.75 Å². The van der Waals surface area contributed by atoms with Crippen LogP contribution in [0.25, 0.3) is 0 Å². The molecule has 5 nitrogen and oxygen atoms in total. The van der Waals surface area contributed by atoms with E-state index in [9.17, 15) is 9.59 Å². The number of para-hydroxylation sites is 1. The third kappa shape index (κ3) is 3.19. The molecule has 1 atom stereocenters. The van der Waals surface area contributed by atoms with Crippen molar-refractivity contribution in [1.82, 2.24) is 9.88 Å². The van der Waals surface area contributed by atoms with Crippen LogP contribution in [0.2, 0.25) is 0 Å². The van der Waals surface area contributed by atoms with Crippen LogP contribution >= 0.6 is 0 Å². The van der Waals surface area contributed by atoms with Crippen LogP contribution in [0.5, 0.6) is 5.75 Å². The normalized spacial score (nSPS) is 17.5. The van der Waals surface area contributed by atoms with Crippen molar-refractivity contribution in [3.05, 3.63) is 64.1 Å². The molecule has 1 saturated heterocycles. The van der Waals surface area contributed by atoms with Crippen molar-refractivity contribution in [2.45, 2.75) is 19.4 Å². The van der Waals surface area contributed by atoms with E-state index in [-0.39, 0.29) is 17.4 Å². The number of aromatic nitrogens is 1. The van der Waals surface area contributed by atoms with Crippen molar-refractivity contribution >= 4 is 5.91 Å². The van der Waals surface area contributed by atoms with Gasteiger partial charge in [0, 0.05) is 30.8 Å². The fraction of sp³-hybridized carbons (Fsp3) is 0.294. The maximum absolute atomic E-state index is 12.4. The summed E-state index contributed by atoms with van der Waals surface area (Å²) in [5.74, 6) is 0.658. The average Bonchev–Trinajstić information content (AvgIpc) is 2.95. The van der Waals surface area contributed by atoms with Crippen LogP contribution in [0.4, 0.5) is 0 Å².